The molecule has 0 spiro atoms. The fourth-order valence-corrected chi connectivity index (χ4v) is 4.01. The largest absolute Gasteiger partial charge is 0.352 e. The van der Waals surface area contributed by atoms with Crippen LogP contribution in [0.15, 0.2) is 18.5 Å². The highest BCUT2D eigenvalue weighted by Gasteiger charge is 2.26. The van der Waals surface area contributed by atoms with Crippen molar-refractivity contribution in [3.63, 3.8) is 0 Å². The highest BCUT2D eigenvalue weighted by molar-refractivity contribution is 5.85. The van der Waals surface area contributed by atoms with Crippen LogP contribution in [0, 0.1) is 11.8 Å². The zero-order valence-electron chi connectivity index (χ0n) is 16.2. The lowest BCUT2D eigenvalue weighted by molar-refractivity contribution is -0.132. The summed E-state index contributed by atoms with van der Waals surface area (Å²) in [6, 6.07) is 3.90. The summed E-state index contributed by atoms with van der Waals surface area (Å²) in [5, 5.41) is 15.8. The van der Waals surface area contributed by atoms with Gasteiger partial charge in [0.15, 0.2) is 5.65 Å². The molecule has 0 aliphatic carbocycles. The number of halogens is 2. The maximum Gasteiger partial charge on any atom is 0.222 e. The lowest BCUT2D eigenvalue weighted by atomic mass is 9.85. The molecule has 2 aliphatic rings. The first-order valence-electron chi connectivity index (χ1n) is 9.61. The highest BCUT2D eigenvalue weighted by Crippen LogP contribution is 2.24. The number of piperazine rings is 1. The molecule has 2 saturated heterocycles. The fourth-order valence-electron chi connectivity index (χ4n) is 4.01. The first kappa shape index (κ1) is 22.6. The Morgan fingerprint density at radius 2 is 2.04 bits per heavy atom. The summed E-state index contributed by atoms with van der Waals surface area (Å²) in [6.07, 6.45) is 4.75. The Balaban J connectivity index is 0.00000140. The Morgan fingerprint density at radius 1 is 1.25 bits per heavy atom. The van der Waals surface area contributed by atoms with Gasteiger partial charge in [0, 0.05) is 32.6 Å². The molecular formula is C18H29Cl2N7O. The molecular weight excluding hydrogens is 401 g/mol. The quantitative estimate of drug-likeness (QED) is 0.795. The van der Waals surface area contributed by atoms with Gasteiger partial charge in [-0.2, -0.15) is 4.52 Å². The van der Waals surface area contributed by atoms with Crippen LogP contribution in [-0.4, -0.2) is 69.9 Å². The van der Waals surface area contributed by atoms with Crippen LogP contribution in [0.5, 0.6) is 0 Å². The number of fused-ring (bicyclic) bond motifs is 1. The van der Waals surface area contributed by atoms with Crippen LogP contribution in [0.4, 0.5) is 5.82 Å². The molecule has 2 fully saturated rings. The van der Waals surface area contributed by atoms with E-state index in [2.05, 4.69) is 32.4 Å². The van der Waals surface area contributed by atoms with E-state index in [1.165, 1.54) is 12.8 Å². The van der Waals surface area contributed by atoms with Gasteiger partial charge in [0.2, 0.25) is 5.91 Å². The monoisotopic (exact) mass is 429 g/mol. The summed E-state index contributed by atoms with van der Waals surface area (Å²) in [5.74, 6) is 2.29. The number of carbonyl (C=O) groups is 1. The predicted octanol–water partition coefficient (Wildman–Crippen LogP) is 1.64. The van der Waals surface area contributed by atoms with E-state index in [9.17, 15) is 4.79 Å². The van der Waals surface area contributed by atoms with E-state index in [0.717, 1.165) is 50.7 Å². The molecule has 2 aliphatic heterocycles. The van der Waals surface area contributed by atoms with Crippen LogP contribution in [0.2, 0.25) is 0 Å². The number of nitrogens with zero attached hydrogens (tertiary/aromatic N) is 6. The van der Waals surface area contributed by atoms with Gasteiger partial charge in [-0.05, 0) is 49.9 Å². The van der Waals surface area contributed by atoms with Crippen molar-refractivity contribution >= 4 is 42.2 Å². The average molecular weight is 430 g/mol. The lowest BCUT2D eigenvalue weighted by Gasteiger charge is -2.36. The molecule has 8 nitrogen and oxygen atoms in total. The van der Waals surface area contributed by atoms with Gasteiger partial charge in [-0.3, -0.25) is 4.79 Å². The normalized spacial score (nSPS) is 21.0. The molecule has 156 valence electrons. The Hall–Kier alpha value is -1.64. The van der Waals surface area contributed by atoms with Gasteiger partial charge in [0.25, 0.3) is 0 Å². The number of aromatic nitrogens is 4. The van der Waals surface area contributed by atoms with Gasteiger partial charge in [0.1, 0.15) is 12.1 Å². The topological polar surface area (TPSA) is 78.7 Å². The van der Waals surface area contributed by atoms with Crippen LogP contribution in [0.3, 0.4) is 0 Å². The van der Waals surface area contributed by atoms with Gasteiger partial charge in [-0.1, -0.05) is 6.92 Å². The van der Waals surface area contributed by atoms with Crippen LogP contribution in [0.25, 0.3) is 5.65 Å². The van der Waals surface area contributed by atoms with Crippen LogP contribution in [-0.2, 0) is 4.79 Å². The molecule has 4 heterocycles. The third-order valence-electron chi connectivity index (χ3n) is 5.74. The Morgan fingerprint density at radius 3 is 2.75 bits per heavy atom. The van der Waals surface area contributed by atoms with Crippen molar-refractivity contribution in [1.29, 1.82) is 0 Å². The van der Waals surface area contributed by atoms with Gasteiger partial charge in [-0.15, -0.1) is 40.1 Å². The van der Waals surface area contributed by atoms with Gasteiger partial charge < -0.3 is 15.1 Å². The third-order valence-corrected chi connectivity index (χ3v) is 5.74. The summed E-state index contributed by atoms with van der Waals surface area (Å²) in [6.45, 7) is 7.54. The number of rotatable bonds is 4. The summed E-state index contributed by atoms with van der Waals surface area (Å²) >= 11 is 0. The molecule has 0 aromatic carbocycles. The lowest BCUT2D eigenvalue weighted by Crippen LogP contribution is -2.49. The second-order valence-electron chi connectivity index (χ2n) is 7.48. The van der Waals surface area contributed by atoms with Crippen LogP contribution in [0.1, 0.15) is 26.2 Å². The van der Waals surface area contributed by atoms with Crippen molar-refractivity contribution in [2.24, 2.45) is 11.8 Å². The Labute approximate surface area is 177 Å². The number of nitrogens with one attached hydrogen (secondary N) is 1. The molecule has 28 heavy (non-hydrogen) atoms. The fraction of sp³-hybridized carbons (Fsp3) is 0.667. The first-order valence-corrected chi connectivity index (χ1v) is 9.61. The number of carbonyl (C=O) groups excluding carboxylic acids is 1. The standard InChI is InChI=1S/C18H27N7O.2ClH/c1-14(15-3-2-6-19-12-15)11-18(26)24-9-7-23(8-10-24)17-5-4-16-21-20-13-25(16)22-17;;/h4-5,13-15,19H,2-3,6-12H2,1H3;2*1H. The number of hydrogen-bond acceptors (Lipinski definition) is 6. The highest BCUT2D eigenvalue weighted by atomic mass is 35.5. The minimum atomic E-state index is 0. The Bertz CT molecular complexity index is 757. The minimum absolute atomic E-state index is 0. The maximum absolute atomic E-state index is 12.7. The number of amides is 1. The molecule has 10 heteroatoms. The van der Waals surface area contributed by atoms with Crippen LogP contribution < -0.4 is 10.2 Å². The van der Waals surface area contributed by atoms with E-state index in [4.69, 9.17) is 0 Å². The average Bonchev–Trinajstić information content (AvgIpc) is 3.16. The van der Waals surface area contributed by atoms with E-state index in [1.54, 1.807) is 10.8 Å². The van der Waals surface area contributed by atoms with Crippen molar-refractivity contribution in [2.45, 2.75) is 26.2 Å². The molecule has 2 atom stereocenters. The number of piperidine rings is 1. The zero-order valence-corrected chi connectivity index (χ0v) is 17.8. The summed E-state index contributed by atoms with van der Waals surface area (Å²) in [7, 11) is 0. The first-order chi connectivity index (χ1) is 12.7. The van der Waals surface area contributed by atoms with Crippen molar-refractivity contribution in [1.82, 2.24) is 30.0 Å². The van der Waals surface area contributed by atoms with Gasteiger partial charge in [0.05, 0.1) is 0 Å². The zero-order chi connectivity index (χ0) is 17.9. The second kappa shape index (κ2) is 10.2. The minimum Gasteiger partial charge on any atom is -0.352 e. The summed E-state index contributed by atoms with van der Waals surface area (Å²) in [4.78, 5) is 16.9. The third kappa shape index (κ3) is 5.04. The van der Waals surface area contributed by atoms with Gasteiger partial charge in [-0.25, -0.2) is 0 Å². The SMILES string of the molecule is CC(CC(=O)N1CCN(c2ccc3nncn3n2)CC1)C1CCCNC1.Cl.Cl. The molecule has 1 N–H and O–H groups in total. The summed E-state index contributed by atoms with van der Waals surface area (Å²) < 4.78 is 1.69. The van der Waals surface area contributed by atoms with Crippen molar-refractivity contribution in [3.05, 3.63) is 18.5 Å². The molecule has 2 aromatic heterocycles. The van der Waals surface area contributed by atoms with Crippen molar-refractivity contribution < 1.29 is 4.79 Å². The molecule has 1 amide bonds. The molecule has 2 unspecified atom stereocenters. The Kier molecular flexibility index (Phi) is 8.27. The summed E-state index contributed by atoms with van der Waals surface area (Å²) in [5.41, 5.74) is 0.744. The smallest absolute Gasteiger partial charge is 0.222 e. The van der Waals surface area contributed by atoms with E-state index in [1.807, 2.05) is 17.0 Å². The van der Waals surface area contributed by atoms with E-state index < -0.39 is 0 Å². The molecule has 2 aromatic rings. The molecule has 0 radical (unpaired) electrons. The van der Waals surface area contributed by atoms with E-state index in [-0.39, 0.29) is 24.8 Å². The van der Waals surface area contributed by atoms with Crippen LogP contribution >= 0.6 is 24.8 Å². The number of anilines is 1. The molecule has 0 saturated carbocycles. The molecule has 0 bridgehead atoms. The van der Waals surface area contributed by atoms with Crippen molar-refractivity contribution in [2.75, 3.05) is 44.2 Å². The predicted molar refractivity (Wildman–Crippen MR) is 113 cm³/mol. The van der Waals surface area contributed by atoms with Gasteiger partial charge >= 0.3 is 0 Å². The van der Waals surface area contributed by atoms with Crippen molar-refractivity contribution in [3.8, 4) is 0 Å². The van der Waals surface area contributed by atoms with E-state index >= 15 is 0 Å². The maximum atomic E-state index is 12.7. The number of hydrogen-bond donors (Lipinski definition) is 1. The van der Waals surface area contributed by atoms with E-state index in [0.29, 0.717) is 24.2 Å². The second-order valence-corrected chi connectivity index (χ2v) is 7.48. The molecule has 4 rings (SSSR count).